The number of hydrogen-bond acceptors (Lipinski definition) is 5. The number of carbonyl (C=O) groups excluding carboxylic acids is 2. The number of carbonyl (C=O) groups is 2. The van der Waals surface area contributed by atoms with Crippen LogP contribution in [0, 0.1) is 0 Å². The lowest BCUT2D eigenvalue weighted by molar-refractivity contribution is -0.144. The SMILES string of the molecule is COc1ccc(CC(NC(=O)OC(C)(C)C)C(=O)OCCl)cc1. The lowest BCUT2D eigenvalue weighted by Gasteiger charge is -2.22. The third-order valence-electron chi connectivity index (χ3n) is 2.77. The zero-order chi connectivity index (χ0) is 17.5. The van der Waals surface area contributed by atoms with Gasteiger partial charge in [-0.05, 0) is 38.5 Å². The molecule has 0 saturated heterocycles. The quantitative estimate of drug-likeness (QED) is 0.635. The molecule has 0 spiro atoms. The van der Waals surface area contributed by atoms with E-state index in [1.54, 1.807) is 52.1 Å². The molecule has 0 aromatic heterocycles. The first-order chi connectivity index (χ1) is 10.7. The van der Waals surface area contributed by atoms with Crippen molar-refractivity contribution in [3.63, 3.8) is 0 Å². The first-order valence-corrected chi connectivity index (χ1v) is 7.63. The Labute approximate surface area is 141 Å². The fourth-order valence-corrected chi connectivity index (χ4v) is 1.90. The second-order valence-electron chi connectivity index (χ2n) is 5.82. The van der Waals surface area contributed by atoms with Crippen molar-refractivity contribution in [1.82, 2.24) is 5.32 Å². The molecule has 0 radical (unpaired) electrons. The Kier molecular flexibility index (Phi) is 7.16. The topological polar surface area (TPSA) is 73.9 Å². The maximum Gasteiger partial charge on any atom is 0.408 e. The standard InChI is InChI=1S/C16H22ClNO5/c1-16(2,3)23-15(20)18-13(14(19)22-10-17)9-11-5-7-12(21-4)8-6-11/h5-8,13H,9-10H2,1-4H3,(H,18,20). The number of ether oxygens (including phenoxy) is 3. The largest absolute Gasteiger partial charge is 0.497 e. The van der Waals surface area contributed by atoms with Gasteiger partial charge in [-0.3, -0.25) is 0 Å². The summed E-state index contributed by atoms with van der Waals surface area (Å²) in [5, 5.41) is 2.51. The highest BCUT2D eigenvalue weighted by atomic mass is 35.5. The summed E-state index contributed by atoms with van der Waals surface area (Å²) in [7, 11) is 1.57. The zero-order valence-electron chi connectivity index (χ0n) is 13.7. The van der Waals surface area contributed by atoms with Crippen molar-refractivity contribution in [2.45, 2.75) is 38.8 Å². The van der Waals surface area contributed by atoms with E-state index < -0.39 is 23.7 Å². The molecule has 0 aliphatic rings. The predicted octanol–water partition coefficient (Wildman–Crippen LogP) is 2.87. The number of hydrogen-bond donors (Lipinski definition) is 1. The van der Waals surface area contributed by atoms with Gasteiger partial charge in [-0.25, -0.2) is 9.59 Å². The fourth-order valence-electron chi connectivity index (χ4n) is 1.79. The van der Waals surface area contributed by atoms with Crippen LogP contribution in [0.3, 0.4) is 0 Å². The van der Waals surface area contributed by atoms with Crippen LogP contribution in [0.4, 0.5) is 4.79 Å². The third kappa shape index (κ3) is 7.23. The van der Waals surface area contributed by atoms with Gasteiger partial charge in [0.05, 0.1) is 7.11 Å². The Hall–Kier alpha value is -1.95. The van der Waals surface area contributed by atoms with Crippen molar-refractivity contribution >= 4 is 23.7 Å². The number of alkyl halides is 1. The lowest BCUT2D eigenvalue weighted by atomic mass is 10.1. The summed E-state index contributed by atoms with van der Waals surface area (Å²) in [4.78, 5) is 23.8. The summed E-state index contributed by atoms with van der Waals surface area (Å²) in [5.74, 6) is 0.0791. The van der Waals surface area contributed by atoms with Gasteiger partial charge < -0.3 is 19.5 Å². The molecule has 0 aliphatic carbocycles. The minimum absolute atomic E-state index is 0.249. The molecule has 1 N–H and O–H groups in total. The molecular weight excluding hydrogens is 322 g/mol. The van der Waals surface area contributed by atoms with Gasteiger partial charge in [0.25, 0.3) is 0 Å². The van der Waals surface area contributed by atoms with E-state index in [9.17, 15) is 9.59 Å². The molecule has 1 atom stereocenters. The first kappa shape index (κ1) is 19.1. The van der Waals surface area contributed by atoms with Crippen LogP contribution >= 0.6 is 11.6 Å². The van der Waals surface area contributed by atoms with E-state index in [1.165, 1.54) is 0 Å². The Morgan fingerprint density at radius 1 is 1.22 bits per heavy atom. The van der Waals surface area contributed by atoms with Crippen LogP contribution in [-0.4, -0.2) is 36.9 Å². The Morgan fingerprint density at radius 2 is 1.83 bits per heavy atom. The van der Waals surface area contributed by atoms with E-state index in [2.05, 4.69) is 5.32 Å². The van der Waals surface area contributed by atoms with E-state index >= 15 is 0 Å². The monoisotopic (exact) mass is 343 g/mol. The predicted molar refractivity (Wildman–Crippen MR) is 86.7 cm³/mol. The highest BCUT2D eigenvalue weighted by Gasteiger charge is 2.25. The molecular formula is C16H22ClNO5. The second kappa shape index (κ2) is 8.62. The van der Waals surface area contributed by atoms with Crippen LogP contribution in [0.2, 0.25) is 0 Å². The molecule has 1 aromatic carbocycles. The number of esters is 1. The van der Waals surface area contributed by atoms with Crippen molar-refractivity contribution in [3.05, 3.63) is 29.8 Å². The van der Waals surface area contributed by atoms with Crippen LogP contribution in [-0.2, 0) is 20.7 Å². The van der Waals surface area contributed by atoms with E-state index in [1.807, 2.05) is 0 Å². The van der Waals surface area contributed by atoms with Crippen molar-refractivity contribution in [2.75, 3.05) is 13.2 Å². The molecule has 0 aliphatic heterocycles. The van der Waals surface area contributed by atoms with Gasteiger partial charge in [0.15, 0.2) is 6.07 Å². The molecule has 6 nitrogen and oxygen atoms in total. The molecule has 7 heteroatoms. The fraction of sp³-hybridized carbons (Fsp3) is 0.500. The minimum atomic E-state index is -0.892. The van der Waals surface area contributed by atoms with Gasteiger partial charge in [0, 0.05) is 6.42 Å². The van der Waals surface area contributed by atoms with Gasteiger partial charge in [0.1, 0.15) is 17.4 Å². The number of benzene rings is 1. The Morgan fingerprint density at radius 3 is 2.30 bits per heavy atom. The van der Waals surface area contributed by atoms with Crippen LogP contribution in [0.5, 0.6) is 5.75 Å². The van der Waals surface area contributed by atoms with Crippen LogP contribution in [0.25, 0.3) is 0 Å². The van der Waals surface area contributed by atoms with Crippen molar-refractivity contribution < 1.29 is 23.8 Å². The van der Waals surface area contributed by atoms with Gasteiger partial charge in [-0.15, -0.1) is 0 Å². The highest BCUT2D eigenvalue weighted by molar-refractivity contribution is 6.17. The number of methoxy groups -OCH3 is 1. The van der Waals surface area contributed by atoms with E-state index in [0.29, 0.717) is 5.75 Å². The maximum atomic E-state index is 12.0. The number of amides is 1. The molecule has 0 heterocycles. The Bertz CT molecular complexity index is 524. The number of rotatable bonds is 6. The second-order valence-corrected chi connectivity index (χ2v) is 6.04. The average Bonchev–Trinajstić information content (AvgIpc) is 2.45. The molecule has 1 aromatic rings. The molecule has 23 heavy (non-hydrogen) atoms. The van der Waals surface area contributed by atoms with Gasteiger partial charge >= 0.3 is 12.1 Å². The molecule has 0 fully saturated rings. The number of alkyl carbamates (subject to hydrolysis) is 1. The maximum absolute atomic E-state index is 12.0. The summed E-state index contributed by atoms with van der Waals surface area (Å²) in [6.45, 7) is 5.21. The van der Waals surface area contributed by atoms with Crippen molar-refractivity contribution in [3.8, 4) is 5.75 Å². The Balaban J connectivity index is 2.79. The first-order valence-electron chi connectivity index (χ1n) is 7.10. The lowest BCUT2D eigenvalue weighted by Crippen LogP contribution is -2.45. The average molecular weight is 344 g/mol. The third-order valence-corrected chi connectivity index (χ3v) is 2.88. The van der Waals surface area contributed by atoms with Crippen LogP contribution < -0.4 is 10.1 Å². The van der Waals surface area contributed by atoms with Crippen molar-refractivity contribution in [2.24, 2.45) is 0 Å². The molecule has 128 valence electrons. The van der Waals surface area contributed by atoms with E-state index in [4.69, 9.17) is 25.8 Å². The molecule has 0 bridgehead atoms. The zero-order valence-corrected chi connectivity index (χ0v) is 14.5. The van der Waals surface area contributed by atoms with Crippen LogP contribution in [0.1, 0.15) is 26.3 Å². The van der Waals surface area contributed by atoms with Gasteiger partial charge in [-0.2, -0.15) is 0 Å². The summed E-state index contributed by atoms with van der Waals surface area (Å²) < 4.78 is 15.0. The highest BCUT2D eigenvalue weighted by Crippen LogP contribution is 2.14. The van der Waals surface area contributed by atoms with Crippen LogP contribution in [0.15, 0.2) is 24.3 Å². The summed E-state index contributed by atoms with van der Waals surface area (Å²) in [6, 6.07) is 5.97. The van der Waals surface area contributed by atoms with Gasteiger partial charge in [0.2, 0.25) is 0 Å². The summed E-state index contributed by atoms with van der Waals surface area (Å²) in [6.07, 6.45) is -0.443. The van der Waals surface area contributed by atoms with E-state index in [0.717, 1.165) is 5.56 Å². The smallest absolute Gasteiger partial charge is 0.408 e. The minimum Gasteiger partial charge on any atom is -0.497 e. The summed E-state index contributed by atoms with van der Waals surface area (Å²) >= 11 is 5.42. The number of halogens is 1. The molecule has 1 unspecified atom stereocenters. The molecule has 1 rings (SSSR count). The number of nitrogens with one attached hydrogen (secondary N) is 1. The summed E-state index contributed by atoms with van der Waals surface area (Å²) in [5.41, 5.74) is 0.170. The van der Waals surface area contributed by atoms with Crippen molar-refractivity contribution in [1.29, 1.82) is 0 Å². The van der Waals surface area contributed by atoms with Gasteiger partial charge in [-0.1, -0.05) is 23.7 Å². The normalized spacial score (nSPS) is 12.2. The molecule has 1 amide bonds. The van der Waals surface area contributed by atoms with E-state index in [-0.39, 0.29) is 12.5 Å². The molecule has 0 saturated carbocycles.